The van der Waals surface area contributed by atoms with Crippen molar-refractivity contribution >= 4 is 9.84 Å². The van der Waals surface area contributed by atoms with Crippen molar-refractivity contribution in [2.75, 3.05) is 12.9 Å². The van der Waals surface area contributed by atoms with Crippen LogP contribution in [0, 0.1) is 32.1 Å². The Kier molecular flexibility index (Phi) is 3.79. The molecule has 0 radical (unpaired) electrons. The van der Waals surface area contributed by atoms with Gasteiger partial charge in [-0.05, 0) is 43.5 Å². The lowest BCUT2D eigenvalue weighted by Crippen LogP contribution is -2.10. The van der Waals surface area contributed by atoms with E-state index < -0.39 is 15.6 Å². The molecule has 5 heteroatoms. The first kappa shape index (κ1) is 13.5. The zero-order valence-corrected chi connectivity index (χ0v) is 11.2. The number of rotatable bonds is 3. The van der Waals surface area contributed by atoms with Crippen molar-refractivity contribution in [1.29, 1.82) is 5.26 Å². The van der Waals surface area contributed by atoms with Crippen LogP contribution in [-0.4, -0.2) is 21.3 Å². The lowest BCUT2D eigenvalue weighted by Gasteiger charge is -2.15. The first-order valence-electron chi connectivity index (χ1n) is 5.09. The summed E-state index contributed by atoms with van der Waals surface area (Å²) in [7, 11) is -1.99. The van der Waals surface area contributed by atoms with E-state index >= 15 is 0 Å². The SMILES string of the molecule is COc1cc(C)c(S(=O)(=O)CC#N)c(C)c1C. The van der Waals surface area contributed by atoms with Gasteiger partial charge in [-0.25, -0.2) is 8.42 Å². The van der Waals surface area contributed by atoms with Gasteiger partial charge >= 0.3 is 0 Å². The van der Waals surface area contributed by atoms with Crippen molar-refractivity contribution < 1.29 is 13.2 Å². The largest absolute Gasteiger partial charge is 0.496 e. The smallest absolute Gasteiger partial charge is 0.192 e. The molecule has 0 aromatic heterocycles. The van der Waals surface area contributed by atoms with Crippen LogP contribution >= 0.6 is 0 Å². The van der Waals surface area contributed by atoms with Gasteiger partial charge in [-0.1, -0.05) is 0 Å². The standard InChI is InChI=1S/C12H15NO3S/c1-8-7-11(16-4)9(2)10(3)12(8)17(14,15)6-5-13/h7H,6H2,1-4H3. The van der Waals surface area contributed by atoms with Crippen molar-refractivity contribution in [3.8, 4) is 11.8 Å². The second-order valence-electron chi connectivity index (χ2n) is 3.89. The molecule has 0 bridgehead atoms. The van der Waals surface area contributed by atoms with Gasteiger partial charge in [0, 0.05) is 0 Å². The molecule has 0 heterocycles. The summed E-state index contributed by atoms with van der Waals surface area (Å²) < 4.78 is 29.1. The molecular weight excluding hydrogens is 238 g/mol. The topological polar surface area (TPSA) is 67.2 Å². The maximum absolute atomic E-state index is 12.0. The van der Waals surface area contributed by atoms with Gasteiger partial charge in [0.25, 0.3) is 0 Å². The third-order valence-electron chi connectivity index (χ3n) is 2.76. The highest BCUT2D eigenvalue weighted by Crippen LogP contribution is 2.30. The molecule has 0 fully saturated rings. The van der Waals surface area contributed by atoms with Gasteiger partial charge in [0.05, 0.1) is 18.1 Å². The van der Waals surface area contributed by atoms with Crippen LogP contribution in [0.15, 0.2) is 11.0 Å². The fraction of sp³-hybridized carbons (Fsp3) is 0.417. The molecule has 1 rings (SSSR count). The number of sulfone groups is 1. The van der Waals surface area contributed by atoms with Gasteiger partial charge in [-0.15, -0.1) is 0 Å². The normalized spacial score (nSPS) is 11.0. The van der Waals surface area contributed by atoms with Crippen molar-refractivity contribution in [2.24, 2.45) is 0 Å². The van der Waals surface area contributed by atoms with Crippen LogP contribution in [-0.2, 0) is 9.84 Å². The average Bonchev–Trinajstić information content (AvgIpc) is 2.23. The van der Waals surface area contributed by atoms with E-state index in [1.807, 2.05) is 0 Å². The summed E-state index contributed by atoms with van der Waals surface area (Å²) in [5.74, 6) is 0.163. The molecule has 4 nitrogen and oxygen atoms in total. The van der Waals surface area contributed by atoms with Crippen LogP contribution in [0.4, 0.5) is 0 Å². The monoisotopic (exact) mass is 253 g/mol. The average molecular weight is 253 g/mol. The molecule has 0 aliphatic heterocycles. The Morgan fingerprint density at radius 2 is 1.88 bits per heavy atom. The number of nitriles is 1. The number of benzene rings is 1. The third-order valence-corrected chi connectivity index (χ3v) is 4.52. The fourth-order valence-electron chi connectivity index (χ4n) is 1.87. The molecule has 0 aliphatic carbocycles. The van der Waals surface area contributed by atoms with Gasteiger partial charge in [-0.2, -0.15) is 5.26 Å². The van der Waals surface area contributed by atoms with Crippen molar-refractivity contribution in [1.82, 2.24) is 0 Å². The van der Waals surface area contributed by atoms with Gasteiger partial charge in [0.2, 0.25) is 0 Å². The molecule has 0 saturated carbocycles. The van der Waals surface area contributed by atoms with E-state index in [4.69, 9.17) is 10.00 Å². The molecule has 92 valence electrons. The minimum atomic E-state index is -3.54. The molecule has 0 spiro atoms. The Hall–Kier alpha value is -1.54. The van der Waals surface area contributed by atoms with Crippen LogP contribution in [0.2, 0.25) is 0 Å². The third kappa shape index (κ3) is 2.42. The summed E-state index contributed by atoms with van der Waals surface area (Å²) in [6.07, 6.45) is 0. The Balaban J connectivity index is 3.58. The van der Waals surface area contributed by atoms with E-state index in [0.29, 0.717) is 16.9 Å². The molecule has 0 N–H and O–H groups in total. The minimum absolute atomic E-state index is 0.248. The number of hydrogen-bond acceptors (Lipinski definition) is 4. The Labute approximate surface area is 102 Å². The molecule has 1 aromatic rings. The second kappa shape index (κ2) is 4.76. The second-order valence-corrected chi connectivity index (χ2v) is 5.82. The predicted molar refractivity (Wildman–Crippen MR) is 64.9 cm³/mol. The molecule has 17 heavy (non-hydrogen) atoms. The lowest BCUT2D eigenvalue weighted by atomic mass is 10.1. The number of aryl methyl sites for hydroxylation is 1. The highest BCUT2D eigenvalue weighted by molar-refractivity contribution is 7.91. The van der Waals surface area contributed by atoms with E-state index in [2.05, 4.69) is 0 Å². The Bertz CT molecular complexity index is 583. The molecule has 0 atom stereocenters. The summed E-state index contributed by atoms with van der Waals surface area (Å²) in [5.41, 5.74) is 2.05. The van der Waals surface area contributed by atoms with Crippen LogP contribution in [0.25, 0.3) is 0 Å². The number of ether oxygens (including phenoxy) is 1. The molecule has 1 aromatic carbocycles. The molecule has 0 saturated heterocycles. The van der Waals surface area contributed by atoms with Crippen LogP contribution in [0.3, 0.4) is 0 Å². The van der Waals surface area contributed by atoms with Gasteiger partial charge in [0.15, 0.2) is 9.84 Å². The number of hydrogen-bond donors (Lipinski definition) is 0. The van der Waals surface area contributed by atoms with E-state index in [1.54, 1.807) is 40.0 Å². The van der Waals surface area contributed by atoms with Crippen molar-refractivity contribution in [3.05, 3.63) is 22.8 Å². The summed E-state index contributed by atoms with van der Waals surface area (Å²) >= 11 is 0. The molecule has 0 unspecified atom stereocenters. The zero-order valence-electron chi connectivity index (χ0n) is 10.4. The number of methoxy groups -OCH3 is 1. The van der Waals surface area contributed by atoms with E-state index in [-0.39, 0.29) is 4.90 Å². The Morgan fingerprint density at radius 3 is 2.35 bits per heavy atom. The maximum Gasteiger partial charge on any atom is 0.192 e. The maximum atomic E-state index is 12.0. The first-order chi connectivity index (χ1) is 7.85. The van der Waals surface area contributed by atoms with E-state index in [0.717, 1.165) is 5.56 Å². The summed E-state index contributed by atoms with van der Waals surface area (Å²) in [6, 6.07) is 3.38. The first-order valence-corrected chi connectivity index (χ1v) is 6.75. The van der Waals surface area contributed by atoms with Gasteiger partial charge in [0.1, 0.15) is 11.5 Å². The predicted octanol–water partition coefficient (Wildman–Crippen LogP) is 1.92. The molecule has 0 amide bonds. The zero-order chi connectivity index (χ0) is 13.2. The van der Waals surface area contributed by atoms with Crippen molar-refractivity contribution in [2.45, 2.75) is 25.7 Å². The van der Waals surface area contributed by atoms with Crippen LogP contribution in [0.1, 0.15) is 16.7 Å². The highest BCUT2D eigenvalue weighted by atomic mass is 32.2. The minimum Gasteiger partial charge on any atom is -0.496 e. The quantitative estimate of drug-likeness (QED) is 0.825. The highest BCUT2D eigenvalue weighted by Gasteiger charge is 2.22. The molecule has 0 aliphatic rings. The van der Waals surface area contributed by atoms with Crippen LogP contribution < -0.4 is 4.74 Å². The summed E-state index contributed by atoms with van der Waals surface area (Å²) in [5, 5.41) is 8.56. The summed E-state index contributed by atoms with van der Waals surface area (Å²) in [4.78, 5) is 0.248. The van der Waals surface area contributed by atoms with E-state index in [1.165, 1.54) is 0 Å². The van der Waals surface area contributed by atoms with Crippen molar-refractivity contribution in [3.63, 3.8) is 0 Å². The lowest BCUT2D eigenvalue weighted by molar-refractivity contribution is 0.410. The van der Waals surface area contributed by atoms with E-state index in [9.17, 15) is 8.42 Å². The Morgan fingerprint density at radius 1 is 1.29 bits per heavy atom. The summed E-state index contributed by atoms with van der Waals surface area (Å²) in [6.45, 7) is 5.24. The number of nitrogens with zero attached hydrogens (tertiary/aromatic N) is 1. The fourth-order valence-corrected chi connectivity index (χ4v) is 3.35. The van der Waals surface area contributed by atoms with Gasteiger partial charge in [-0.3, -0.25) is 0 Å². The molecular formula is C12H15NO3S. The van der Waals surface area contributed by atoms with Crippen LogP contribution in [0.5, 0.6) is 5.75 Å². The van der Waals surface area contributed by atoms with Gasteiger partial charge < -0.3 is 4.74 Å².